The molecule has 1 atom stereocenters. The summed E-state index contributed by atoms with van der Waals surface area (Å²) in [7, 11) is 1.60. The highest BCUT2D eigenvalue weighted by Gasteiger charge is 2.20. The van der Waals surface area contributed by atoms with Crippen LogP contribution in [0, 0.1) is 4.77 Å². The van der Waals surface area contributed by atoms with Crippen LogP contribution in [0.1, 0.15) is 30.7 Å². The molecule has 0 radical (unpaired) electrons. The van der Waals surface area contributed by atoms with Gasteiger partial charge >= 0.3 is 0 Å². The number of aromatic amines is 1. The molecule has 0 spiro atoms. The molecule has 1 unspecified atom stereocenters. The van der Waals surface area contributed by atoms with Crippen molar-refractivity contribution in [3.63, 3.8) is 0 Å². The quantitative estimate of drug-likeness (QED) is 0.723. The van der Waals surface area contributed by atoms with Crippen LogP contribution in [0.2, 0.25) is 0 Å². The van der Waals surface area contributed by atoms with E-state index < -0.39 is 0 Å². The molecule has 5 nitrogen and oxygen atoms in total. The van der Waals surface area contributed by atoms with Crippen LogP contribution in [-0.2, 0) is 0 Å². The summed E-state index contributed by atoms with van der Waals surface area (Å²) in [6.07, 6.45) is 3.59. The van der Waals surface area contributed by atoms with Gasteiger partial charge in [0.2, 0.25) is 5.88 Å². The van der Waals surface area contributed by atoms with Crippen LogP contribution in [0.5, 0.6) is 5.88 Å². The molecule has 3 rings (SSSR count). The lowest BCUT2D eigenvalue weighted by Gasteiger charge is -2.17. The van der Waals surface area contributed by atoms with Crippen molar-refractivity contribution in [1.29, 1.82) is 0 Å². The summed E-state index contributed by atoms with van der Waals surface area (Å²) in [6, 6.07) is 4.40. The summed E-state index contributed by atoms with van der Waals surface area (Å²) in [5.74, 6) is 0.520. The van der Waals surface area contributed by atoms with Gasteiger partial charge in [-0.25, -0.2) is 4.98 Å². The predicted octanol–water partition coefficient (Wildman–Crippen LogP) is 3.95. The molecule has 3 aromatic rings. The predicted molar refractivity (Wildman–Crippen MR) is 86.6 cm³/mol. The van der Waals surface area contributed by atoms with Crippen molar-refractivity contribution in [2.24, 2.45) is 0 Å². The zero-order valence-corrected chi connectivity index (χ0v) is 13.5. The number of imidazole rings is 1. The third kappa shape index (κ3) is 2.47. The summed E-state index contributed by atoms with van der Waals surface area (Å²) >= 11 is 7.25. The number of hydrogen-bond donors (Lipinski definition) is 1. The van der Waals surface area contributed by atoms with Gasteiger partial charge in [0.25, 0.3) is 0 Å². The van der Waals surface area contributed by atoms with Crippen molar-refractivity contribution >= 4 is 34.7 Å². The minimum absolute atomic E-state index is 0.191. The SMILES string of the molecule is CCCC(c1cccs1)n1c(=S)[nH]c2c(OC)ncnc21. The fourth-order valence-electron chi connectivity index (χ4n) is 2.51. The Hall–Kier alpha value is -1.73. The van der Waals surface area contributed by atoms with Gasteiger partial charge in [-0.15, -0.1) is 11.3 Å². The molecule has 21 heavy (non-hydrogen) atoms. The van der Waals surface area contributed by atoms with Gasteiger partial charge in [-0.1, -0.05) is 19.4 Å². The topological polar surface area (TPSA) is 55.7 Å². The third-order valence-electron chi connectivity index (χ3n) is 3.41. The lowest BCUT2D eigenvalue weighted by atomic mass is 10.1. The molecule has 7 heteroatoms. The number of thiophene rings is 1. The molecule has 0 fully saturated rings. The number of ether oxygens (including phenoxy) is 1. The molecule has 0 saturated carbocycles. The van der Waals surface area contributed by atoms with Crippen molar-refractivity contribution in [2.45, 2.75) is 25.8 Å². The number of H-pyrrole nitrogens is 1. The van der Waals surface area contributed by atoms with E-state index in [1.165, 1.54) is 11.2 Å². The first-order valence-corrected chi connectivity index (χ1v) is 8.07. The van der Waals surface area contributed by atoms with Crippen LogP contribution in [0.25, 0.3) is 11.2 Å². The number of methoxy groups -OCH3 is 1. The molecule has 0 aromatic carbocycles. The second-order valence-corrected chi connectivity index (χ2v) is 6.07. The molecule has 0 saturated heterocycles. The van der Waals surface area contributed by atoms with Gasteiger partial charge in [0.1, 0.15) is 11.8 Å². The Labute approximate surface area is 131 Å². The van der Waals surface area contributed by atoms with Gasteiger partial charge in [0.05, 0.1) is 13.2 Å². The molecule has 3 aromatic heterocycles. The van der Waals surface area contributed by atoms with Gasteiger partial charge in [-0.05, 0) is 30.1 Å². The van der Waals surface area contributed by atoms with E-state index in [-0.39, 0.29) is 6.04 Å². The van der Waals surface area contributed by atoms with E-state index in [1.54, 1.807) is 18.4 Å². The summed E-state index contributed by atoms with van der Waals surface area (Å²) in [6.45, 7) is 2.18. The van der Waals surface area contributed by atoms with E-state index in [0.717, 1.165) is 24.0 Å². The molecule has 110 valence electrons. The Bertz CT molecular complexity index is 791. The van der Waals surface area contributed by atoms with E-state index in [2.05, 4.69) is 44.0 Å². The van der Waals surface area contributed by atoms with Gasteiger partial charge in [0.15, 0.2) is 10.4 Å². The Balaban J connectivity index is 2.23. The number of aromatic nitrogens is 4. The summed E-state index contributed by atoms with van der Waals surface area (Å²) in [5.41, 5.74) is 1.54. The minimum atomic E-state index is 0.191. The van der Waals surface area contributed by atoms with Crippen molar-refractivity contribution in [1.82, 2.24) is 19.5 Å². The summed E-state index contributed by atoms with van der Waals surface area (Å²) in [5, 5.41) is 2.09. The second kappa shape index (κ2) is 5.95. The largest absolute Gasteiger partial charge is 0.479 e. The smallest absolute Gasteiger partial charge is 0.242 e. The van der Waals surface area contributed by atoms with E-state index in [9.17, 15) is 0 Å². The van der Waals surface area contributed by atoms with Crippen LogP contribution in [-0.4, -0.2) is 26.6 Å². The first-order chi connectivity index (χ1) is 10.3. The molecule has 0 amide bonds. The Morgan fingerprint density at radius 1 is 1.48 bits per heavy atom. The standard InChI is InChI=1S/C14H16N4OS2/c1-3-5-9(10-6-4-7-21-10)18-12-11(17-14(18)20)13(19-2)16-8-15-12/h4,6-9H,3,5H2,1-2H3,(H,17,20). The van der Waals surface area contributed by atoms with Gasteiger partial charge < -0.3 is 9.72 Å². The number of fused-ring (bicyclic) bond motifs is 1. The Kier molecular flexibility index (Phi) is 4.03. The highest BCUT2D eigenvalue weighted by atomic mass is 32.1. The molecule has 0 aliphatic carbocycles. The maximum Gasteiger partial charge on any atom is 0.242 e. The van der Waals surface area contributed by atoms with Crippen LogP contribution in [0.15, 0.2) is 23.8 Å². The fourth-order valence-corrected chi connectivity index (χ4v) is 3.68. The van der Waals surface area contributed by atoms with Crippen molar-refractivity contribution in [3.8, 4) is 5.88 Å². The van der Waals surface area contributed by atoms with Gasteiger partial charge in [-0.2, -0.15) is 4.98 Å². The summed E-state index contributed by atoms with van der Waals surface area (Å²) in [4.78, 5) is 13.0. The molecule has 3 heterocycles. The molecule has 0 bridgehead atoms. The lowest BCUT2D eigenvalue weighted by molar-refractivity contribution is 0.401. The minimum Gasteiger partial charge on any atom is -0.479 e. The Morgan fingerprint density at radius 3 is 3.00 bits per heavy atom. The monoisotopic (exact) mass is 320 g/mol. The number of nitrogens with zero attached hydrogens (tertiary/aromatic N) is 3. The molecule has 0 aliphatic heterocycles. The normalized spacial score (nSPS) is 12.7. The van der Waals surface area contributed by atoms with Crippen molar-refractivity contribution < 1.29 is 4.74 Å². The first kappa shape index (κ1) is 14.2. The maximum atomic E-state index is 5.51. The highest BCUT2D eigenvalue weighted by molar-refractivity contribution is 7.71. The molecular weight excluding hydrogens is 304 g/mol. The molecular formula is C14H16N4OS2. The van der Waals surface area contributed by atoms with Crippen molar-refractivity contribution in [3.05, 3.63) is 33.5 Å². The highest BCUT2D eigenvalue weighted by Crippen LogP contribution is 2.31. The zero-order chi connectivity index (χ0) is 14.8. The van der Waals surface area contributed by atoms with Crippen LogP contribution >= 0.6 is 23.6 Å². The molecule has 1 N–H and O–H groups in total. The zero-order valence-electron chi connectivity index (χ0n) is 11.9. The number of nitrogens with one attached hydrogen (secondary N) is 1. The van der Waals surface area contributed by atoms with Crippen LogP contribution in [0.4, 0.5) is 0 Å². The van der Waals surface area contributed by atoms with Crippen molar-refractivity contribution in [2.75, 3.05) is 7.11 Å². The van der Waals surface area contributed by atoms with Gasteiger partial charge in [0, 0.05) is 4.88 Å². The average molecular weight is 320 g/mol. The number of hydrogen-bond acceptors (Lipinski definition) is 5. The third-order valence-corrected chi connectivity index (χ3v) is 4.68. The van der Waals surface area contributed by atoms with E-state index in [0.29, 0.717) is 10.7 Å². The van der Waals surface area contributed by atoms with E-state index >= 15 is 0 Å². The summed E-state index contributed by atoms with van der Waals surface area (Å²) < 4.78 is 8.01. The average Bonchev–Trinajstić information content (AvgIpc) is 3.12. The molecule has 0 aliphatic rings. The van der Waals surface area contributed by atoms with Gasteiger partial charge in [-0.3, -0.25) is 4.57 Å². The first-order valence-electron chi connectivity index (χ1n) is 6.78. The lowest BCUT2D eigenvalue weighted by Crippen LogP contribution is -2.10. The number of rotatable bonds is 5. The second-order valence-electron chi connectivity index (χ2n) is 4.70. The van der Waals surface area contributed by atoms with Crippen LogP contribution in [0.3, 0.4) is 0 Å². The Morgan fingerprint density at radius 2 is 2.33 bits per heavy atom. The van der Waals surface area contributed by atoms with E-state index in [1.807, 2.05) is 0 Å². The van der Waals surface area contributed by atoms with Crippen LogP contribution < -0.4 is 4.74 Å². The van der Waals surface area contributed by atoms with E-state index in [4.69, 9.17) is 17.0 Å². The fraction of sp³-hybridized carbons (Fsp3) is 0.357. The maximum absolute atomic E-state index is 5.51.